The van der Waals surface area contributed by atoms with Crippen molar-refractivity contribution in [3.8, 4) is 0 Å². The summed E-state index contributed by atoms with van der Waals surface area (Å²) < 4.78 is 0. The fraction of sp³-hybridized carbons (Fsp3) is 0.111. The van der Waals surface area contributed by atoms with E-state index in [1.807, 2.05) is 24.3 Å². The molecule has 0 amide bonds. The molecule has 2 rings (SSSR count). The van der Waals surface area contributed by atoms with Gasteiger partial charge in [-0.2, -0.15) is 5.10 Å². The monoisotopic (exact) mass is 174 g/mol. The second-order valence-electron chi connectivity index (χ2n) is 2.87. The average Bonchev–Trinajstić information content (AvgIpc) is 2.17. The van der Waals surface area contributed by atoms with Crippen LogP contribution in [0.4, 0.5) is 5.82 Å². The summed E-state index contributed by atoms with van der Waals surface area (Å²) in [6.07, 6.45) is 1.72. The van der Waals surface area contributed by atoms with Crippen LogP contribution in [0.5, 0.6) is 0 Å². The highest BCUT2D eigenvalue weighted by Crippen LogP contribution is 2.19. The van der Waals surface area contributed by atoms with Gasteiger partial charge in [-0.3, -0.25) is 5.01 Å². The van der Waals surface area contributed by atoms with Crippen LogP contribution in [0.25, 0.3) is 10.8 Å². The highest BCUT2D eigenvalue weighted by atomic mass is 15.4. The number of hydrogen-bond donors (Lipinski definition) is 1. The van der Waals surface area contributed by atoms with Crippen molar-refractivity contribution in [1.82, 2.24) is 10.2 Å². The summed E-state index contributed by atoms with van der Waals surface area (Å²) in [5.74, 6) is 6.30. The summed E-state index contributed by atoms with van der Waals surface area (Å²) in [5, 5.41) is 11.3. The molecule has 2 N–H and O–H groups in total. The number of hydrogen-bond acceptors (Lipinski definition) is 4. The van der Waals surface area contributed by atoms with E-state index >= 15 is 0 Å². The first kappa shape index (κ1) is 7.94. The first-order chi connectivity index (χ1) is 6.29. The topological polar surface area (TPSA) is 55.0 Å². The van der Waals surface area contributed by atoms with Crippen LogP contribution < -0.4 is 10.9 Å². The Balaban J connectivity index is 2.76. The smallest absolute Gasteiger partial charge is 0.172 e. The molecule has 0 atom stereocenters. The fourth-order valence-electron chi connectivity index (χ4n) is 1.27. The molecule has 0 saturated heterocycles. The lowest BCUT2D eigenvalue weighted by Crippen LogP contribution is -2.26. The molecular weight excluding hydrogens is 164 g/mol. The molecule has 4 nitrogen and oxygen atoms in total. The Morgan fingerprint density at radius 2 is 2.08 bits per heavy atom. The summed E-state index contributed by atoms with van der Waals surface area (Å²) in [6, 6.07) is 7.88. The Kier molecular flexibility index (Phi) is 1.83. The van der Waals surface area contributed by atoms with E-state index in [0.717, 1.165) is 10.8 Å². The molecule has 0 aliphatic heterocycles. The van der Waals surface area contributed by atoms with Gasteiger partial charge in [0, 0.05) is 17.8 Å². The van der Waals surface area contributed by atoms with Crippen molar-refractivity contribution in [3.63, 3.8) is 0 Å². The third-order valence-electron chi connectivity index (χ3n) is 1.89. The van der Waals surface area contributed by atoms with Gasteiger partial charge in [0.05, 0.1) is 6.20 Å². The van der Waals surface area contributed by atoms with Crippen LogP contribution in [0.2, 0.25) is 0 Å². The molecule has 1 heterocycles. The van der Waals surface area contributed by atoms with E-state index in [9.17, 15) is 0 Å². The normalized spacial score (nSPS) is 10.3. The number of benzene rings is 1. The van der Waals surface area contributed by atoms with Gasteiger partial charge >= 0.3 is 0 Å². The summed E-state index contributed by atoms with van der Waals surface area (Å²) in [6.45, 7) is 0. The SMILES string of the molecule is CN(N)c1nncc2ccccc12. The molecule has 4 heteroatoms. The lowest BCUT2D eigenvalue weighted by Gasteiger charge is -2.11. The van der Waals surface area contributed by atoms with Crippen molar-refractivity contribution in [2.75, 3.05) is 12.1 Å². The van der Waals surface area contributed by atoms with Gasteiger partial charge in [-0.15, -0.1) is 5.10 Å². The second-order valence-corrected chi connectivity index (χ2v) is 2.87. The largest absolute Gasteiger partial charge is 0.296 e. The number of anilines is 1. The van der Waals surface area contributed by atoms with E-state index in [1.54, 1.807) is 13.2 Å². The number of hydrazine groups is 1. The molecular formula is C9H10N4. The van der Waals surface area contributed by atoms with E-state index in [1.165, 1.54) is 5.01 Å². The van der Waals surface area contributed by atoms with Crippen molar-refractivity contribution < 1.29 is 0 Å². The van der Waals surface area contributed by atoms with Gasteiger partial charge < -0.3 is 0 Å². The average molecular weight is 174 g/mol. The standard InChI is InChI=1S/C9H10N4/c1-13(10)9-8-5-3-2-4-7(8)6-11-12-9/h2-6H,10H2,1H3. The van der Waals surface area contributed by atoms with E-state index in [0.29, 0.717) is 5.82 Å². The van der Waals surface area contributed by atoms with Crippen LogP contribution in [0.15, 0.2) is 30.5 Å². The molecule has 0 spiro atoms. The zero-order valence-corrected chi connectivity index (χ0v) is 7.31. The zero-order chi connectivity index (χ0) is 9.26. The number of rotatable bonds is 1. The second kappa shape index (κ2) is 2.99. The number of nitrogens with two attached hydrogens (primary N) is 1. The van der Waals surface area contributed by atoms with Crippen LogP contribution >= 0.6 is 0 Å². The first-order valence-electron chi connectivity index (χ1n) is 3.98. The highest BCUT2D eigenvalue weighted by Gasteiger charge is 2.03. The molecule has 1 aromatic heterocycles. The maximum absolute atomic E-state index is 5.61. The Morgan fingerprint density at radius 1 is 1.31 bits per heavy atom. The van der Waals surface area contributed by atoms with E-state index in [-0.39, 0.29) is 0 Å². The number of nitrogens with zero attached hydrogens (tertiary/aromatic N) is 3. The minimum Gasteiger partial charge on any atom is -0.296 e. The van der Waals surface area contributed by atoms with Crippen molar-refractivity contribution in [2.45, 2.75) is 0 Å². The predicted octanol–water partition coefficient (Wildman–Crippen LogP) is 0.940. The van der Waals surface area contributed by atoms with Crippen molar-refractivity contribution in [3.05, 3.63) is 30.5 Å². The molecule has 0 fully saturated rings. The molecule has 0 aliphatic carbocycles. The van der Waals surface area contributed by atoms with Crippen molar-refractivity contribution in [2.24, 2.45) is 5.84 Å². The molecule has 13 heavy (non-hydrogen) atoms. The minimum atomic E-state index is 0.693. The molecule has 0 saturated carbocycles. The van der Waals surface area contributed by atoms with Crippen LogP contribution in [-0.2, 0) is 0 Å². The minimum absolute atomic E-state index is 0.693. The zero-order valence-electron chi connectivity index (χ0n) is 7.31. The number of fused-ring (bicyclic) bond motifs is 1. The Hall–Kier alpha value is -1.68. The molecule has 0 radical (unpaired) electrons. The number of aromatic nitrogens is 2. The van der Waals surface area contributed by atoms with Crippen molar-refractivity contribution >= 4 is 16.6 Å². The van der Waals surface area contributed by atoms with Crippen LogP contribution in [0, 0.1) is 0 Å². The van der Waals surface area contributed by atoms with Crippen LogP contribution in [0.3, 0.4) is 0 Å². The van der Waals surface area contributed by atoms with Gasteiger partial charge in [-0.25, -0.2) is 5.84 Å². The summed E-state index contributed by atoms with van der Waals surface area (Å²) in [5.41, 5.74) is 0. The Bertz CT molecular complexity index is 419. The van der Waals surface area contributed by atoms with E-state index in [4.69, 9.17) is 5.84 Å². The third kappa shape index (κ3) is 1.31. The van der Waals surface area contributed by atoms with Crippen LogP contribution in [-0.4, -0.2) is 17.2 Å². The Morgan fingerprint density at radius 3 is 2.85 bits per heavy atom. The fourth-order valence-corrected chi connectivity index (χ4v) is 1.27. The lowest BCUT2D eigenvalue weighted by molar-refractivity contribution is 0.932. The van der Waals surface area contributed by atoms with E-state index < -0.39 is 0 Å². The van der Waals surface area contributed by atoms with Gasteiger partial charge in [0.2, 0.25) is 0 Å². The molecule has 66 valence electrons. The maximum Gasteiger partial charge on any atom is 0.172 e. The van der Waals surface area contributed by atoms with Gasteiger partial charge in [-0.1, -0.05) is 24.3 Å². The van der Waals surface area contributed by atoms with Gasteiger partial charge in [-0.05, 0) is 0 Å². The molecule has 0 aliphatic rings. The van der Waals surface area contributed by atoms with Crippen molar-refractivity contribution in [1.29, 1.82) is 0 Å². The summed E-state index contributed by atoms with van der Waals surface area (Å²) in [7, 11) is 1.75. The maximum atomic E-state index is 5.61. The van der Waals surface area contributed by atoms with E-state index in [2.05, 4.69) is 10.2 Å². The Labute approximate surface area is 76.0 Å². The summed E-state index contributed by atoms with van der Waals surface area (Å²) >= 11 is 0. The molecule has 2 aromatic rings. The predicted molar refractivity (Wildman–Crippen MR) is 52.1 cm³/mol. The van der Waals surface area contributed by atoms with Gasteiger partial charge in [0.1, 0.15) is 0 Å². The molecule has 0 bridgehead atoms. The van der Waals surface area contributed by atoms with Gasteiger partial charge in [0.25, 0.3) is 0 Å². The third-order valence-corrected chi connectivity index (χ3v) is 1.89. The first-order valence-corrected chi connectivity index (χ1v) is 3.98. The molecule has 1 aromatic carbocycles. The van der Waals surface area contributed by atoms with Crippen LogP contribution in [0.1, 0.15) is 0 Å². The highest BCUT2D eigenvalue weighted by molar-refractivity contribution is 5.90. The lowest BCUT2D eigenvalue weighted by atomic mass is 10.2. The quantitative estimate of drug-likeness (QED) is 0.516. The van der Waals surface area contributed by atoms with Gasteiger partial charge in [0.15, 0.2) is 5.82 Å². The summed E-state index contributed by atoms with van der Waals surface area (Å²) in [4.78, 5) is 0. The molecule has 0 unspecified atom stereocenters.